The van der Waals surface area contributed by atoms with Crippen LogP contribution in [0.1, 0.15) is 12.8 Å². The van der Waals surface area contributed by atoms with Crippen molar-refractivity contribution in [3.8, 4) is 0 Å². The predicted octanol–water partition coefficient (Wildman–Crippen LogP) is 1.96. The molecule has 2 heterocycles. The summed E-state index contributed by atoms with van der Waals surface area (Å²) < 4.78 is 1.07. The van der Waals surface area contributed by atoms with Gasteiger partial charge in [0, 0.05) is 13.1 Å². The summed E-state index contributed by atoms with van der Waals surface area (Å²) in [6.07, 6.45) is 2.57. The van der Waals surface area contributed by atoms with Crippen LogP contribution in [-0.2, 0) is 0 Å². The zero-order valence-corrected chi connectivity index (χ0v) is 8.39. The van der Waals surface area contributed by atoms with E-state index in [9.17, 15) is 0 Å². The number of nitrogens with zero attached hydrogens (tertiary/aromatic N) is 1. The van der Waals surface area contributed by atoms with Gasteiger partial charge in [0.1, 0.15) is 11.6 Å². The lowest BCUT2D eigenvalue weighted by molar-refractivity contribution is 0.944. The highest BCUT2D eigenvalue weighted by molar-refractivity contribution is 9.10. The minimum absolute atomic E-state index is 0.726. The van der Waals surface area contributed by atoms with Crippen molar-refractivity contribution in [3.05, 3.63) is 10.5 Å². The number of nitrogens with two attached hydrogens (primary N) is 1. The Balaban J connectivity index is 2.25. The minimum atomic E-state index is 0.726. The van der Waals surface area contributed by atoms with Gasteiger partial charge in [-0.1, -0.05) is 0 Å². The largest absolute Gasteiger partial charge is 0.385 e. The summed E-state index contributed by atoms with van der Waals surface area (Å²) in [4.78, 5) is 5.46. The summed E-state index contributed by atoms with van der Waals surface area (Å²) in [6.45, 7) is 2.27. The summed E-state index contributed by atoms with van der Waals surface area (Å²) >= 11 is 3.47. The molecule has 12 heavy (non-hydrogen) atoms. The third-order valence-corrected chi connectivity index (χ3v) is 2.80. The van der Waals surface area contributed by atoms with Crippen molar-refractivity contribution in [2.45, 2.75) is 12.8 Å². The Hall–Kier alpha value is -0.640. The second-order valence-electron chi connectivity index (χ2n) is 3.12. The first-order valence-electron chi connectivity index (χ1n) is 4.16. The second kappa shape index (κ2) is 3.01. The number of rotatable bonds is 1. The molecule has 1 saturated heterocycles. The zero-order chi connectivity index (χ0) is 8.55. The van der Waals surface area contributed by atoms with Gasteiger partial charge in [-0.15, -0.1) is 0 Å². The quantitative estimate of drug-likeness (QED) is 0.774. The molecule has 1 aliphatic rings. The topological polar surface area (TPSA) is 45.0 Å². The number of hydrogen-bond donors (Lipinski definition) is 2. The fourth-order valence-corrected chi connectivity index (χ4v) is 2.20. The Morgan fingerprint density at radius 2 is 2.08 bits per heavy atom. The van der Waals surface area contributed by atoms with Crippen LogP contribution in [0.5, 0.6) is 0 Å². The minimum Gasteiger partial charge on any atom is -0.385 e. The van der Waals surface area contributed by atoms with Gasteiger partial charge >= 0.3 is 0 Å². The number of halogens is 1. The van der Waals surface area contributed by atoms with Crippen molar-refractivity contribution in [1.82, 2.24) is 4.98 Å². The smallest absolute Gasteiger partial charge is 0.122 e. The third-order valence-electron chi connectivity index (χ3n) is 2.19. The Morgan fingerprint density at radius 1 is 1.42 bits per heavy atom. The molecule has 0 spiro atoms. The van der Waals surface area contributed by atoms with E-state index >= 15 is 0 Å². The Morgan fingerprint density at radius 3 is 2.58 bits per heavy atom. The number of hydrogen-bond acceptors (Lipinski definition) is 2. The molecule has 0 radical (unpaired) electrons. The monoisotopic (exact) mass is 229 g/mol. The fourth-order valence-electron chi connectivity index (χ4n) is 1.61. The second-order valence-corrected chi connectivity index (χ2v) is 3.97. The van der Waals surface area contributed by atoms with Crippen molar-refractivity contribution in [2.24, 2.45) is 0 Å². The van der Waals surface area contributed by atoms with E-state index in [0.29, 0.717) is 0 Å². The molecule has 4 heteroatoms. The van der Waals surface area contributed by atoms with Gasteiger partial charge in [-0.2, -0.15) is 0 Å². The van der Waals surface area contributed by atoms with Gasteiger partial charge < -0.3 is 15.6 Å². The molecule has 2 rings (SSSR count). The van der Waals surface area contributed by atoms with E-state index < -0.39 is 0 Å². The molecule has 0 aromatic carbocycles. The predicted molar refractivity (Wildman–Crippen MR) is 54.4 cm³/mol. The summed E-state index contributed by atoms with van der Waals surface area (Å²) in [5.74, 6) is 1.86. The van der Waals surface area contributed by atoms with Crippen LogP contribution in [0.25, 0.3) is 0 Å². The van der Waals surface area contributed by atoms with E-state index in [0.717, 1.165) is 29.2 Å². The van der Waals surface area contributed by atoms with Crippen LogP contribution in [0.15, 0.2) is 10.5 Å². The maximum absolute atomic E-state index is 5.63. The molecule has 1 aromatic heterocycles. The number of aromatic amines is 1. The average molecular weight is 230 g/mol. The molecular weight excluding hydrogens is 218 g/mol. The number of aromatic nitrogens is 1. The molecule has 1 aliphatic heterocycles. The maximum Gasteiger partial charge on any atom is 0.122 e. The van der Waals surface area contributed by atoms with E-state index in [1.165, 1.54) is 12.8 Å². The van der Waals surface area contributed by atoms with Crippen LogP contribution >= 0.6 is 15.9 Å². The number of nitrogen functional groups attached to an aromatic ring is 1. The maximum atomic E-state index is 5.63. The highest BCUT2D eigenvalue weighted by Crippen LogP contribution is 2.29. The number of nitrogens with one attached hydrogen (secondary N) is 1. The SMILES string of the molecule is Nc1cc(Br)c(N2CCCC2)[nH]1. The molecule has 0 saturated carbocycles. The molecule has 66 valence electrons. The first-order valence-corrected chi connectivity index (χ1v) is 4.95. The summed E-state index contributed by atoms with van der Waals surface area (Å²) in [5.41, 5.74) is 5.63. The van der Waals surface area contributed by atoms with Gasteiger partial charge in [-0.3, -0.25) is 0 Å². The van der Waals surface area contributed by atoms with Crippen LogP contribution in [0.2, 0.25) is 0 Å². The Kier molecular flexibility index (Phi) is 2.00. The third kappa shape index (κ3) is 1.31. The zero-order valence-electron chi connectivity index (χ0n) is 6.81. The standard InChI is InChI=1S/C8H12BrN3/c9-6-5-7(10)11-8(6)12-3-1-2-4-12/h5,11H,1-4,10H2. The lowest BCUT2D eigenvalue weighted by Crippen LogP contribution is -2.18. The van der Waals surface area contributed by atoms with Crippen molar-refractivity contribution in [2.75, 3.05) is 23.7 Å². The molecular formula is C8H12BrN3. The molecule has 0 aliphatic carbocycles. The van der Waals surface area contributed by atoms with Crippen molar-refractivity contribution >= 4 is 27.6 Å². The molecule has 0 atom stereocenters. The van der Waals surface area contributed by atoms with E-state index in [-0.39, 0.29) is 0 Å². The number of H-pyrrole nitrogens is 1. The van der Waals surface area contributed by atoms with Gasteiger partial charge in [0.2, 0.25) is 0 Å². The molecule has 1 aromatic rings. The van der Waals surface area contributed by atoms with Crippen molar-refractivity contribution in [3.63, 3.8) is 0 Å². The van der Waals surface area contributed by atoms with E-state index in [1.54, 1.807) is 0 Å². The molecule has 1 fully saturated rings. The molecule has 0 amide bonds. The lowest BCUT2D eigenvalue weighted by atomic mass is 10.4. The average Bonchev–Trinajstić information content (AvgIpc) is 2.58. The highest BCUT2D eigenvalue weighted by Gasteiger charge is 2.16. The molecule has 3 N–H and O–H groups in total. The summed E-state index contributed by atoms with van der Waals surface area (Å²) in [7, 11) is 0. The normalized spacial score (nSPS) is 17.2. The first-order chi connectivity index (χ1) is 5.77. The summed E-state index contributed by atoms with van der Waals surface area (Å²) in [6, 6.07) is 1.91. The highest BCUT2D eigenvalue weighted by atomic mass is 79.9. The summed E-state index contributed by atoms with van der Waals surface area (Å²) in [5, 5.41) is 0. The Labute approximate surface area is 80.1 Å². The van der Waals surface area contributed by atoms with Crippen LogP contribution in [0, 0.1) is 0 Å². The lowest BCUT2D eigenvalue weighted by Gasteiger charge is -2.15. The molecule has 0 bridgehead atoms. The van der Waals surface area contributed by atoms with E-state index in [2.05, 4.69) is 25.8 Å². The number of anilines is 2. The van der Waals surface area contributed by atoms with E-state index in [4.69, 9.17) is 5.73 Å². The van der Waals surface area contributed by atoms with Crippen molar-refractivity contribution in [1.29, 1.82) is 0 Å². The van der Waals surface area contributed by atoms with Gasteiger partial charge in [-0.25, -0.2) is 0 Å². The molecule has 3 nitrogen and oxygen atoms in total. The van der Waals surface area contributed by atoms with Gasteiger partial charge in [-0.05, 0) is 34.8 Å². The van der Waals surface area contributed by atoms with E-state index in [1.807, 2.05) is 6.07 Å². The van der Waals surface area contributed by atoms with Crippen LogP contribution in [-0.4, -0.2) is 18.1 Å². The first kappa shape index (κ1) is 7.98. The Bertz CT molecular complexity index is 276. The van der Waals surface area contributed by atoms with Gasteiger partial charge in [0.15, 0.2) is 0 Å². The molecule has 0 unspecified atom stereocenters. The van der Waals surface area contributed by atoms with Crippen LogP contribution in [0.4, 0.5) is 11.6 Å². The van der Waals surface area contributed by atoms with Gasteiger partial charge in [0.05, 0.1) is 4.47 Å². The van der Waals surface area contributed by atoms with Crippen LogP contribution < -0.4 is 10.6 Å². The van der Waals surface area contributed by atoms with Crippen molar-refractivity contribution < 1.29 is 0 Å². The fraction of sp³-hybridized carbons (Fsp3) is 0.500. The van der Waals surface area contributed by atoms with Gasteiger partial charge in [0.25, 0.3) is 0 Å². The van der Waals surface area contributed by atoms with Crippen LogP contribution in [0.3, 0.4) is 0 Å².